The first-order valence-electron chi connectivity index (χ1n) is 9.56. The fourth-order valence-electron chi connectivity index (χ4n) is 3.32. The van der Waals surface area contributed by atoms with Gasteiger partial charge < -0.3 is 9.64 Å². The fourth-order valence-corrected chi connectivity index (χ4v) is 3.32. The Morgan fingerprint density at radius 2 is 1.91 bits per heavy atom. The molecule has 0 aliphatic carbocycles. The maximum Gasteiger partial charge on any atom is 0.425 e. The van der Waals surface area contributed by atoms with Crippen LogP contribution >= 0.6 is 0 Å². The van der Waals surface area contributed by atoms with E-state index in [0.717, 1.165) is 12.5 Å². The Balaban J connectivity index is 1.57. The van der Waals surface area contributed by atoms with Crippen LogP contribution < -0.4 is 4.74 Å². The number of aromatic nitrogens is 2. The minimum absolute atomic E-state index is 0.124. The Kier molecular flexibility index (Phi) is 5.34. The van der Waals surface area contributed by atoms with E-state index in [1.165, 1.54) is 35.2 Å². The second kappa shape index (κ2) is 8.00. The van der Waals surface area contributed by atoms with E-state index in [9.17, 15) is 22.4 Å². The van der Waals surface area contributed by atoms with Crippen LogP contribution in [0.4, 0.5) is 17.6 Å². The van der Waals surface area contributed by atoms with Gasteiger partial charge >= 0.3 is 6.18 Å². The van der Waals surface area contributed by atoms with Crippen molar-refractivity contribution in [2.45, 2.75) is 32.3 Å². The Morgan fingerprint density at radius 3 is 2.53 bits per heavy atom. The van der Waals surface area contributed by atoms with Crippen LogP contribution in [0.2, 0.25) is 0 Å². The van der Waals surface area contributed by atoms with E-state index in [0.29, 0.717) is 11.4 Å². The largest absolute Gasteiger partial charge is 0.480 e. The van der Waals surface area contributed by atoms with Crippen LogP contribution in [0.1, 0.15) is 34.1 Å². The number of fused-ring (bicyclic) bond motifs is 1. The molecule has 32 heavy (non-hydrogen) atoms. The Hall–Kier alpha value is -3.87. The molecule has 0 saturated carbocycles. The first-order valence-corrected chi connectivity index (χ1v) is 9.56. The predicted molar refractivity (Wildman–Crippen MR) is 104 cm³/mol. The summed E-state index contributed by atoms with van der Waals surface area (Å²) in [6.07, 6.45) is -5.02. The van der Waals surface area contributed by atoms with Gasteiger partial charge in [-0.1, -0.05) is 0 Å². The number of carbonyl (C=O) groups is 1. The molecule has 1 atom stereocenters. The summed E-state index contributed by atoms with van der Waals surface area (Å²) in [6.45, 7) is 1.16. The van der Waals surface area contributed by atoms with E-state index >= 15 is 0 Å². The topological polar surface area (TPSA) is 71.2 Å². The third-order valence-electron chi connectivity index (χ3n) is 5.06. The van der Waals surface area contributed by atoms with Crippen molar-refractivity contribution < 1.29 is 27.1 Å². The lowest BCUT2D eigenvalue weighted by Crippen LogP contribution is -2.32. The van der Waals surface area contributed by atoms with Crippen LogP contribution in [0, 0.1) is 17.1 Å². The number of halogens is 4. The second-order valence-electron chi connectivity index (χ2n) is 7.31. The lowest BCUT2D eigenvalue weighted by Gasteiger charge is -2.22. The van der Waals surface area contributed by atoms with Crippen LogP contribution in [0.3, 0.4) is 0 Å². The van der Waals surface area contributed by atoms with E-state index in [2.05, 4.69) is 5.10 Å². The number of hydrogen-bond donors (Lipinski definition) is 0. The number of nitriles is 1. The van der Waals surface area contributed by atoms with Crippen molar-refractivity contribution in [3.8, 4) is 17.5 Å². The minimum atomic E-state index is -4.61. The zero-order valence-electron chi connectivity index (χ0n) is 16.7. The summed E-state index contributed by atoms with van der Waals surface area (Å²) in [4.78, 5) is 14.5. The molecule has 1 amide bonds. The maximum atomic E-state index is 13.1. The monoisotopic (exact) mass is 444 g/mol. The Labute approximate surface area is 180 Å². The molecule has 0 bridgehead atoms. The maximum absolute atomic E-state index is 13.1. The molecule has 164 valence electrons. The van der Waals surface area contributed by atoms with E-state index in [1.807, 2.05) is 6.07 Å². The van der Waals surface area contributed by atoms with Gasteiger partial charge in [0, 0.05) is 18.3 Å². The molecule has 1 aliphatic rings. The third kappa shape index (κ3) is 4.14. The summed E-state index contributed by atoms with van der Waals surface area (Å²) in [5, 5.41) is 13.6. The van der Waals surface area contributed by atoms with E-state index in [4.69, 9.17) is 10.00 Å². The van der Waals surface area contributed by atoms with Crippen molar-refractivity contribution >= 4 is 5.91 Å². The van der Waals surface area contributed by atoms with Crippen molar-refractivity contribution in [3.05, 3.63) is 76.9 Å². The van der Waals surface area contributed by atoms with Crippen molar-refractivity contribution in [2.75, 3.05) is 0 Å². The number of hydrogen-bond acceptors (Lipinski definition) is 4. The molecule has 6 nitrogen and oxygen atoms in total. The van der Waals surface area contributed by atoms with Crippen molar-refractivity contribution in [2.24, 2.45) is 0 Å². The van der Waals surface area contributed by atoms with E-state index < -0.39 is 18.2 Å². The summed E-state index contributed by atoms with van der Waals surface area (Å²) >= 11 is 0. The summed E-state index contributed by atoms with van der Waals surface area (Å²) in [5.41, 5.74) is 2.02. The van der Waals surface area contributed by atoms with Crippen LogP contribution in [-0.4, -0.2) is 32.9 Å². The molecule has 3 aromatic rings. The quantitative estimate of drug-likeness (QED) is 0.561. The first-order chi connectivity index (χ1) is 15.2. The molecule has 0 spiro atoms. The average Bonchev–Trinajstić information content (AvgIpc) is 3.33. The highest BCUT2D eigenvalue weighted by molar-refractivity contribution is 5.97. The standard InChI is InChI=1S/C22H16F4N4O2/c1-13(22(24,25)26)32-20-7-2-14(9-27)8-18(20)21(31)29-10-15-11-30(28-19(15)12-29)17-5-3-16(23)4-6-17/h2-8,11,13H,10,12H2,1H3/t13-/m0/s1. The summed E-state index contributed by atoms with van der Waals surface area (Å²) in [5.74, 6) is -1.19. The predicted octanol–water partition coefficient (Wildman–Crippen LogP) is 4.37. The average molecular weight is 444 g/mol. The van der Waals surface area contributed by atoms with Gasteiger partial charge in [-0.2, -0.15) is 23.5 Å². The molecule has 4 rings (SSSR count). The molecule has 1 aromatic heterocycles. The second-order valence-corrected chi connectivity index (χ2v) is 7.31. The van der Waals surface area contributed by atoms with Crippen LogP contribution in [0.5, 0.6) is 5.75 Å². The Morgan fingerprint density at radius 1 is 1.19 bits per heavy atom. The van der Waals surface area contributed by atoms with Gasteiger partial charge in [0.2, 0.25) is 0 Å². The number of rotatable bonds is 4. The minimum Gasteiger partial charge on any atom is -0.480 e. The fraction of sp³-hybridized carbons (Fsp3) is 0.227. The van der Waals surface area contributed by atoms with Crippen molar-refractivity contribution in [1.82, 2.24) is 14.7 Å². The Bertz CT molecular complexity index is 1190. The van der Waals surface area contributed by atoms with Gasteiger partial charge in [-0.3, -0.25) is 4.79 Å². The number of nitrogens with zero attached hydrogens (tertiary/aromatic N) is 4. The first kappa shape index (κ1) is 21.4. The molecule has 2 aromatic carbocycles. The molecule has 0 saturated heterocycles. The van der Waals surface area contributed by atoms with Gasteiger partial charge in [0.05, 0.1) is 35.1 Å². The van der Waals surface area contributed by atoms with Gasteiger partial charge in [-0.25, -0.2) is 9.07 Å². The molecular formula is C22H16F4N4O2. The summed E-state index contributed by atoms with van der Waals surface area (Å²) in [6, 6.07) is 11.3. The molecular weight excluding hydrogens is 428 g/mol. The SMILES string of the molecule is C[C@H](Oc1ccc(C#N)cc1C(=O)N1Cc2cn(-c3ccc(F)cc3)nc2C1)C(F)(F)F. The molecule has 10 heteroatoms. The third-order valence-corrected chi connectivity index (χ3v) is 5.06. The highest BCUT2D eigenvalue weighted by Crippen LogP contribution is 2.31. The van der Waals surface area contributed by atoms with Crippen LogP contribution in [0.25, 0.3) is 5.69 Å². The summed E-state index contributed by atoms with van der Waals surface area (Å²) < 4.78 is 58.5. The van der Waals surface area contributed by atoms with Gasteiger partial charge in [-0.15, -0.1) is 0 Å². The zero-order valence-corrected chi connectivity index (χ0v) is 16.7. The van der Waals surface area contributed by atoms with E-state index in [-0.39, 0.29) is 35.8 Å². The molecule has 1 aliphatic heterocycles. The lowest BCUT2D eigenvalue weighted by atomic mass is 10.1. The van der Waals surface area contributed by atoms with Gasteiger partial charge in [0.15, 0.2) is 6.10 Å². The van der Waals surface area contributed by atoms with Gasteiger partial charge in [-0.05, 0) is 49.4 Å². The van der Waals surface area contributed by atoms with Crippen LogP contribution in [0.15, 0.2) is 48.7 Å². The normalized spacial score (nSPS) is 14.1. The highest BCUT2D eigenvalue weighted by atomic mass is 19.4. The molecule has 0 fully saturated rings. The number of amides is 1. The van der Waals surface area contributed by atoms with Gasteiger partial charge in [0.1, 0.15) is 11.6 Å². The van der Waals surface area contributed by atoms with Crippen molar-refractivity contribution in [1.29, 1.82) is 5.26 Å². The van der Waals surface area contributed by atoms with Gasteiger partial charge in [0.25, 0.3) is 5.91 Å². The highest BCUT2D eigenvalue weighted by Gasteiger charge is 2.39. The summed E-state index contributed by atoms with van der Waals surface area (Å²) in [7, 11) is 0. The zero-order chi connectivity index (χ0) is 23.0. The molecule has 2 heterocycles. The molecule has 0 radical (unpaired) electrons. The number of carbonyl (C=O) groups excluding carboxylic acids is 1. The smallest absolute Gasteiger partial charge is 0.425 e. The number of ether oxygens (including phenoxy) is 1. The number of alkyl halides is 3. The van der Waals surface area contributed by atoms with Crippen LogP contribution in [-0.2, 0) is 13.1 Å². The molecule has 0 unspecified atom stereocenters. The molecule has 0 N–H and O–H groups in total. The number of benzene rings is 2. The van der Waals surface area contributed by atoms with E-state index in [1.54, 1.807) is 23.0 Å². The van der Waals surface area contributed by atoms with Crippen molar-refractivity contribution in [3.63, 3.8) is 0 Å². The lowest BCUT2D eigenvalue weighted by molar-refractivity contribution is -0.189.